The van der Waals surface area contributed by atoms with E-state index in [2.05, 4.69) is 5.48 Å². The van der Waals surface area contributed by atoms with E-state index < -0.39 is 23.6 Å². The second kappa shape index (κ2) is 8.12. The quantitative estimate of drug-likeness (QED) is 0.548. The van der Waals surface area contributed by atoms with E-state index in [1.807, 2.05) is 20.8 Å². The molecule has 4 amide bonds. The lowest BCUT2D eigenvalue weighted by Crippen LogP contribution is -2.52. The molecule has 3 heterocycles. The number of piperidine rings is 2. The summed E-state index contributed by atoms with van der Waals surface area (Å²) in [4.78, 5) is 45.3. The molecule has 3 saturated heterocycles. The Morgan fingerprint density at radius 1 is 1.21 bits per heavy atom. The van der Waals surface area contributed by atoms with E-state index in [9.17, 15) is 19.6 Å². The molecule has 0 spiro atoms. The van der Waals surface area contributed by atoms with Crippen LogP contribution in [0.25, 0.3) is 0 Å². The summed E-state index contributed by atoms with van der Waals surface area (Å²) in [5.41, 5.74) is 1.84. The third-order valence-electron chi connectivity index (χ3n) is 5.35. The van der Waals surface area contributed by atoms with Crippen molar-refractivity contribution in [2.45, 2.75) is 76.6 Å². The van der Waals surface area contributed by atoms with Crippen LogP contribution in [0.5, 0.6) is 0 Å². The Labute approximate surface area is 164 Å². The van der Waals surface area contributed by atoms with E-state index in [0.29, 0.717) is 31.0 Å². The summed E-state index contributed by atoms with van der Waals surface area (Å²) in [6.45, 7) is 6.55. The van der Waals surface area contributed by atoms with Gasteiger partial charge in [-0.05, 0) is 52.9 Å². The Kier molecular flexibility index (Phi) is 5.99. The van der Waals surface area contributed by atoms with Crippen LogP contribution in [-0.2, 0) is 14.4 Å². The van der Waals surface area contributed by atoms with Crippen LogP contribution in [-0.4, -0.2) is 81.5 Å². The predicted molar refractivity (Wildman–Crippen MR) is 97.2 cm³/mol. The second-order valence-corrected chi connectivity index (χ2v) is 8.63. The van der Waals surface area contributed by atoms with Gasteiger partial charge in [0.2, 0.25) is 0 Å². The molecule has 2 bridgehead atoms. The summed E-state index contributed by atoms with van der Waals surface area (Å²) >= 11 is 0. The maximum Gasteiger partial charge on any atom is 0.410 e. The first kappa shape index (κ1) is 20.7. The van der Waals surface area contributed by atoms with Crippen LogP contribution >= 0.6 is 0 Å². The van der Waals surface area contributed by atoms with Crippen LogP contribution in [0, 0.1) is 0 Å². The van der Waals surface area contributed by atoms with Gasteiger partial charge in [0, 0.05) is 13.1 Å². The molecule has 3 aliphatic heterocycles. The molecule has 3 rings (SSSR count). The zero-order chi connectivity index (χ0) is 20.5. The van der Waals surface area contributed by atoms with Crippen molar-refractivity contribution in [3.63, 3.8) is 0 Å². The van der Waals surface area contributed by atoms with Gasteiger partial charge in [-0.3, -0.25) is 14.8 Å². The topological polar surface area (TPSA) is 112 Å². The molecule has 0 radical (unpaired) electrons. The van der Waals surface area contributed by atoms with Crippen molar-refractivity contribution in [2.24, 2.45) is 0 Å². The molecule has 0 aromatic heterocycles. The highest BCUT2D eigenvalue weighted by atomic mass is 16.7. The fourth-order valence-electron chi connectivity index (χ4n) is 3.93. The van der Waals surface area contributed by atoms with Crippen molar-refractivity contribution in [1.29, 1.82) is 0 Å². The predicted octanol–water partition coefficient (Wildman–Crippen LogP) is 1.48. The van der Waals surface area contributed by atoms with Gasteiger partial charge in [-0.25, -0.2) is 20.1 Å². The van der Waals surface area contributed by atoms with E-state index in [1.165, 1.54) is 4.90 Å². The zero-order valence-corrected chi connectivity index (χ0v) is 16.7. The number of carbonyl (C=O) groups excluding carboxylic acids is 3. The smallest absolute Gasteiger partial charge is 0.410 e. The van der Waals surface area contributed by atoms with Crippen LogP contribution in [0.3, 0.4) is 0 Å². The van der Waals surface area contributed by atoms with Crippen LogP contribution in [0.4, 0.5) is 9.59 Å². The highest BCUT2D eigenvalue weighted by Crippen LogP contribution is 2.28. The number of hydrogen-bond donors (Lipinski definition) is 2. The van der Waals surface area contributed by atoms with Gasteiger partial charge >= 0.3 is 12.1 Å². The third-order valence-corrected chi connectivity index (χ3v) is 5.35. The van der Waals surface area contributed by atoms with E-state index in [-0.39, 0.29) is 24.8 Å². The lowest BCUT2D eigenvalue weighted by molar-refractivity contribution is -0.140. The minimum Gasteiger partial charge on any atom is -0.444 e. The van der Waals surface area contributed by atoms with Gasteiger partial charge in [-0.2, -0.15) is 0 Å². The SMILES string of the molecule is CC(C)(C)OC(=O)N1CCCC[C@H]1CONC(=O)C1CCC2CN1C(=O)N2O. The third kappa shape index (κ3) is 4.49. The molecule has 28 heavy (non-hydrogen) atoms. The fourth-order valence-corrected chi connectivity index (χ4v) is 3.93. The number of carbonyl (C=O) groups is 3. The minimum absolute atomic E-state index is 0.153. The highest BCUT2D eigenvalue weighted by molar-refractivity contribution is 5.87. The maximum atomic E-state index is 12.4. The van der Waals surface area contributed by atoms with Crippen molar-refractivity contribution < 1.29 is 29.2 Å². The fraction of sp³-hybridized carbons (Fsp3) is 0.833. The molecule has 10 heteroatoms. The van der Waals surface area contributed by atoms with Crippen molar-refractivity contribution in [1.82, 2.24) is 20.3 Å². The molecule has 2 unspecified atom stereocenters. The largest absolute Gasteiger partial charge is 0.444 e. The van der Waals surface area contributed by atoms with Gasteiger partial charge in [0.15, 0.2) is 0 Å². The number of fused-ring (bicyclic) bond motifs is 2. The van der Waals surface area contributed by atoms with E-state index in [4.69, 9.17) is 9.57 Å². The van der Waals surface area contributed by atoms with Gasteiger partial charge in [0.05, 0.1) is 18.7 Å². The van der Waals surface area contributed by atoms with Crippen molar-refractivity contribution in [2.75, 3.05) is 19.7 Å². The number of rotatable bonds is 4. The number of likely N-dealkylation sites (tertiary alicyclic amines) is 1. The van der Waals surface area contributed by atoms with E-state index in [0.717, 1.165) is 19.3 Å². The summed E-state index contributed by atoms with van der Waals surface area (Å²) < 4.78 is 5.46. The molecule has 158 valence electrons. The van der Waals surface area contributed by atoms with Gasteiger partial charge in [-0.1, -0.05) is 0 Å². The molecule has 10 nitrogen and oxygen atoms in total. The van der Waals surface area contributed by atoms with Gasteiger partial charge in [0.25, 0.3) is 5.91 Å². The normalized spacial score (nSPS) is 27.8. The van der Waals surface area contributed by atoms with Crippen molar-refractivity contribution in [3.8, 4) is 0 Å². The Balaban J connectivity index is 1.50. The van der Waals surface area contributed by atoms with Crippen molar-refractivity contribution >= 4 is 18.0 Å². The Morgan fingerprint density at radius 2 is 1.96 bits per heavy atom. The first-order valence-electron chi connectivity index (χ1n) is 9.87. The maximum absolute atomic E-state index is 12.4. The Morgan fingerprint density at radius 3 is 2.68 bits per heavy atom. The molecule has 0 aromatic carbocycles. The summed E-state index contributed by atoms with van der Waals surface area (Å²) in [7, 11) is 0. The first-order chi connectivity index (χ1) is 13.2. The van der Waals surface area contributed by atoms with Gasteiger partial charge < -0.3 is 14.5 Å². The standard InChI is InChI=1S/C18H30N4O6/c1-18(2,3)28-17(25)20-9-5-4-6-13(20)11-27-19-15(23)14-8-7-12-10-21(14)16(24)22(12)26/h12-14,26H,4-11H2,1-3H3,(H,19,23)/t12?,13-,14?/m0/s1. The Hall–Kier alpha value is -2.07. The van der Waals surface area contributed by atoms with Gasteiger partial charge in [-0.15, -0.1) is 0 Å². The lowest BCUT2D eigenvalue weighted by atomic mass is 10.0. The van der Waals surface area contributed by atoms with Crippen LogP contribution in [0.15, 0.2) is 0 Å². The molecular formula is C18H30N4O6. The second-order valence-electron chi connectivity index (χ2n) is 8.63. The molecule has 0 aromatic rings. The monoisotopic (exact) mass is 398 g/mol. The lowest BCUT2D eigenvalue weighted by Gasteiger charge is -2.36. The summed E-state index contributed by atoms with van der Waals surface area (Å²) in [5.74, 6) is -0.415. The number of hydroxylamine groups is 3. The summed E-state index contributed by atoms with van der Waals surface area (Å²) in [6, 6.07) is -1.64. The molecule has 3 atom stereocenters. The number of hydrogen-bond acceptors (Lipinski definition) is 6. The zero-order valence-electron chi connectivity index (χ0n) is 16.7. The van der Waals surface area contributed by atoms with Crippen molar-refractivity contribution in [3.05, 3.63) is 0 Å². The molecule has 2 N–H and O–H groups in total. The highest BCUT2D eigenvalue weighted by Gasteiger charge is 2.46. The van der Waals surface area contributed by atoms with E-state index >= 15 is 0 Å². The Bertz CT molecular complexity index is 622. The van der Waals surface area contributed by atoms with E-state index in [1.54, 1.807) is 4.90 Å². The average molecular weight is 398 g/mol. The van der Waals surface area contributed by atoms with Crippen LogP contribution in [0.2, 0.25) is 0 Å². The van der Waals surface area contributed by atoms with Crippen LogP contribution < -0.4 is 5.48 Å². The summed E-state index contributed by atoms with van der Waals surface area (Å²) in [5, 5.41) is 10.4. The average Bonchev–Trinajstić information content (AvgIpc) is 2.85. The molecular weight excluding hydrogens is 368 g/mol. The number of amides is 4. The molecule has 0 saturated carbocycles. The van der Waals surface area contributed by atoms with Gasteiger partial charge in [0.1, 0.15) is 11.6 Å². The minimum atomic E-state index is -0.658. The number of nitrogens with zero attached hydrogens (tertiary/aromatic N) is 3. The molecule has 3 fully saturated rings. The first-order valence-corrected chi connectivity index (χ1v) is 9.87. The molecule has 0 aliphatic carbocycles. The number of urea groups is 1. The molecule has 3 aliphatic rings. The number of ether oxygens (including phenoxy) is 1. The number of nitrogens with one attached hydrogen (secondary N) is 1. The summed E-state index contributed by atoms with van der Waals surface area (Å²) in [6.07, 6.45) is 3.29. The van der Waals surface area contributed by atoms with Crippen LogP contribution in [0.1, 0.15) is 52.9 Å².